The summed E-state index contributed by atoms with van der Waals surface area (Å²) in [6, 6.07) is 0.0192. The van der Waals surface area contributed by atoms with Crippen LogP contribution in [0.3, 0.4) is 0 Å². The maximum atomic E-state index is 13.1. The number of ether oxygens (including phenoxy) is 1. The van der Waals surface area contributed by atoms with Gasteiger partial charge in [-0.15, -0.1) is 0 Å². The third kappa shape index (κ3) is 7.34. The van der Waals surface area contributed by atoms with E-state index in [0.29, 0.717) is 39.0 Å². The van der Waals surface area contributed by atoms with Crippen LogP contribution in [-0.4, -0.2) is 84.6 Å². The molecule has 0 aromatic carbocycles. The lowest BCUT2D eigenvalue weighted by Crippen LogP contribution is -2.50. The molecule has 9 heteroatoms. The van der Waals surface area contributed by atoms with Crippen molar-refractivity contribution in [3.8, 4) is 0 Å². The number of amides is 2. The zero-order chi connectivity index (χ0) is 23.4. The molecule has 0 aliphatic carbocycles. The van der Waals surface area contributed by atoms with E-state index in [0.717, 1.165) is 19.4 Å². The van der Waals surface area contributed by atoms with Gasteiger partial charge in [-0.25, -0.2) is 17.5 Å². The van der Waals surface area contributed by atoms with Crippen molar-refractivity contribution in [1.29, 1.82) is 0 Å². The fourth-order valence-electron chi connectivity index (χ4n) is 4.33. The Bertz CT molecular complexity index is 724. The third-order valence-electron chi connectivity index (χ3n) is 6.10. The second-order valence-corrected chi connectivity index (χ2v) is 12.4. The predicted octanol–water partition coefficient (Wildman–Crippen LogP) is 2.93. The van der Waals surface area contributed by atoms with Crippen LogP contribution in [0.1, 0.15) is 67.2 Å². The van der Waals surface area contributed by atoms with Crippen LogP contribution in [0, 0.1) is 11.8 Å². The van der Waals surface area contributed by atoms with Crippen LogP contribution in [0.25, 0.3) is 0 Å². The highest BCUT2D eigenvalue weighted by atomic mass is 32.2. The SMILES string of the molecule is CCS(=O)(=O)N1CCC(C(=O)N2CCCC(CN(C(=O)OC(C)(C)C)C(C)C)C2)CC1. The van der Waals surface area contributed by atoms with E-state index in [1.807, 2.05) is 39.5 Å². The number of carbonyl (C=O) groups excluding carboxylic acids is 2. The van der Waals surface area contributed by atoms with Crippen molar-refractivity contribution in [3.05, 3.63) is 0 Å². The largest absolute Gasteiger partial charge is 0.444 e. The average Bonchev–Trinajstić information content (AvgIpc) is 2.70. The molecular formula is C22H41N3O5S. The molecule has 2 fully saturated rings. The number of piperidine rings is 2. The van der Waals surface area contributed by atoms with Crippen molar-refractivity contribution in [3.63, 3.8) is 0 Å². The van der Waals surface area contributed by atoms with Crippen LogP contribution < -0.4 is 0 Å². The lowest BCUT2D eigenvalue weighted by molar-refractivity contribution is -0.138. The Balaban J connectivity index is 1.94. The molecule has 2 amide bonds. The van der Waals surface area contributed by atoms with E-state index < -0.39 is 15.6 Å². The van der Waals surface area contributed by atoms with Crippen LogP contribution in [0.2, 0.25) is 0 Å². The van der Waals surface area contributed by atoms with Gasteiger partial charge in [-0.2, -0.15) is 0 Å². The molecule has 1 unspecified atom stereocenters. The van der Waals surface area contributed by atoms with E-state index in [-0.39, 0.29) is 35.6 Å². The summed E-state index contributed by atoms with van der Waals surface area (Å²) in [6.07, 6.45) is 2.74. The van der Waals surface area contributed by atoms with Gasteiger partial charge in [0.25, 0.3) is 0 Å². The molecule has 180 valence electrons. The predicted molar refractivity (Wildman–Crippen MR) is 121 cm³/mol. The molecule has 0 spiro atoms. The van der Waals surface area contributed by atoms with E-state index in [2.05, 4.69) is 0 Å². The van der Waals surface area contributed by atoms with Crippen LogP contribution in [0.15, 0.2) is 0 Å². The molecule has 1 atom stereocenters. The van der Waals surface area contributed by atoms with Gasteiger partial charge in [0.2, 0.25) is 15.9 Å². The van der Waals surface area contributed by atoms with Crippen molar-refractivity contribution in [2.45, 2.75) is 78.9 Å². The summed E-state index contributed by atoms with van der Waals surface area (Å²) in [4.78, 5) is 29.5. The van der Waals surface area contributed by atoms with Gasteiger partial charge >= 0.3 is 6.09 Å². The Morgan fingerprint density at radius 1 is 1.10 bits per heavy atom. The quantitative estimate of drug-likeness (QED) is 0.609. The molecule has 2 aliphatic rings. The van der Waals surface area contributed by atoms with Crippen molar-refractivity contribution in [2.75, 3.05) is 38.5 Å². The number of rotatable bonds is 6. The molecule has 31 heavy (non-hydrogen) atoms. The standard InChI is InChI=1S/C22H41N3O5S/c1-7-31(28,29)24-13-10-19(11-14-24)20(26)23-12-8-9-18(15-23)16-25(17(2)3)21(27)30-22(4,5)6/h17-19H,7-16H2,1-6H3. The second-order valence-electron chi connectivity index (χ2n) is 10.1. The van der Waals surface area contributed by atoms with Crippen molar-refractivity contribution >= 4 is 22.0 Å². The number of nitrogens with zero attached hydrogens (tertiary/aromatic N) is 3. The first kappa shape index (κ1) is 25.9. The number of sulfonamides is 1. The first-order valence-electron chi connectivity index (χ1n) is 11.6. The first-order valence-corrected chi connectivity index (χ1v) is 13.2. The molecule has 2 rings (SSSR count). The van der Waals surface area contributed by atoms with Gasteiger partial charge in [-0.05, 0) is 73.1 Å². The Kier molecular flexibility index (Phi) is 8.78. The van der Waals surface area contributed by atoms with Gasteiger partial charge in [-0.3, -0.25) is 4.79 Å². The molecule has 0 aromatic heterocycles. The fraction of sp³-hybridized carbons (Fsp3) is 0.909. The van der Waals surface area contributed by atoms with Gasteiger partial charge in [-0.1, -0.05) is 0 Å². The molecule has 2 aliphatic heterocycles. The Morgan fingerprint density at radius 2 is 1.71 bits per heavy atom. The van der Waals surface area contributed by atoms with Crippen LogP contribution in [0.5, 0.6) is 0 Å². The number of hydrogen-bond donors (Lipinski definition) is 0. The monoisotopic (exact) mass is 459 g/mol. The summed E-state index contributed by atoms with van der Waals surface area (Å²) < 4.78 is 31.2. The summed E-state index contributed by atoms with van der Waals surface area (Å²) in [5.74, 6) is 0.331. The topological polar surface area (TPSA) is 87.2 Å². The van der Waals surface area contributed by atoms with E-state index in [1.54, 1.807) is 11.8 Å². The molecule has 2 heterocycles. The highest BCUT2D eigenvalue weighted by Gasteiger charge is 2.35. The van der Waals surface area contributed by atoms with Crippen LogP contribution in [0.4, 0.5) is 4.79 Å². The maximum absolute atomic E-state index is 13.1. The molecule has 0 bridgehead atoms. The fourth-order valence-corrected chi connectivity index (χ4v) is 5.46. The van der Waals surface area contributed by atoms with Crippen molar-refractivity contribution in [1.82, 2.24) is 14.1 Å². The Labute approximate surface area is 188 Å². The normalized spacial score (nSPS) is 21.9. The molecule has 0 saturated carbocycles. The van der Waals surface area contributed by atoms with E-state index >= 15 is 0 Å². The van der Waals surface area contributed by atoms with E-state index in [1.165, 1.54) is 4.31 Å². The van der Waals surface area contributed by atoms with Gasteiger partial charge in [0, 0.05) is 44.7 Å². The molecular weight excluding hydrogens is 418 g/mol. The minimum absolute atomic E-state index is 0.0192. The second kappa shape index (κ2) is 10.5. The molecule has 8 nitrogen and oxygen atoms in total. The smallest absolute Gasteiger partial charge is 0.410 e. The van der Waals surface area contributed by atoms with Gasteiger partial charge in [0.15, 0.2) is 0 Å². The zero-order valence-corrected chi connectivity index (χ0v) is 20.9. The number of carbonyl (C=O) groups is 2. The Hall–Kier alpha value is -1.35. The van der Waals surface area contributed by atoms with Gasteiger partial charge in [0.05, 0.1) is 5.75 Å². The van der Waals surface area contributed by atoms with Crippen molar-refractivity contribution in [2.24, 2.45) is 11.8 Å². The van der Waals surface area contributed by atoms with Crippen LogP contribution >= 0.6 is 0 Å². The van der Waals surface area contributed by atoms with E-state index in [4.69, 9.17) is 4.74 Å². The highest BCUT2D eigenvalue weighted by molar-refractivity contribution is 7.89. The summed E-state index contributed by atoms with van der Waals surface area (Å²) >= 11 is 0. The summed E-state index contributed by atoms with van der Waals surface area (Å²) in [7, 11) is -3.19. The lowest BCUT2D eigenvalue weighted by atomic mass is 9.92. The third-order valence-corrected chi connectivity index (χ3v) is 7.98. The molecule has 2 saturated heterocycles. The minimum Gasteiger partial charge on any atom is -0.444 e. The molecule has 0 radical (unpaired) electrons. The minimum atomic E-state index is -3.19. The number of likely N-dealkylation sites (tertiary alicyclic amines) is 1. The average molecular weight is 460 g/mol. The van der Waals surface area contributed by atoms with Gasteiger partial charge < -0.3 is 14.5 Å². The maximum Gasteiger partial charge on any atom is 0.410 e. The molecule has 0 aromatic rings. The summed E-state index contributed by atoms with van der Waals surface area (Å²) in [6.45, 7) is 14.0. The summed E-state index contributed by atoms with van der Waals surface area (Å²) in [5, 5.41) is 0. The van der Waals surface area contributed by atoms with Crippen molar-refractivity contribution < 1.29 is 22.7 Å². The highest BCUT2D eigenvalue weighted by Crippen LogP contribution is 2.26. The zero-order valence-electron chi connectivity index (χ0n) is 20.1. The number of hydrogen-bond acceptors (Lipinski definition) is 5. The summed E-state index contributed by atoms with van der Waals surface area (Å²) in [5.41, 5.74) is -0.543. The van der Waals surface area contributed by atoms with Gasteiger partial charge in [0.1, 0.15) is 5.60 Å². The van der Waals surface area contributed by atoms with Crippen LogP contribution in [-0.2, 0) is 19.6 Å². The van der Waals surface area contributed by atoms with E-state index in [9.17, 15) is 18.0 Å². The first-order chi connectivity index (χ1) is 14.3. The molecule has 0 N–H and O–H groups in total. The lowest BCUT2D eigenvalue weighted by Gasteiger charge is -2.39. The Morgan fingerprint density at radius 3 is 2.23 bits per heavy atom.